The molecular formula is C18H31NaO6S2. The Morgan fingerprint density at radius 1 is 0.741 bits per heavy atom. The third-order valence-corrected chi connectivity index (χ3v) is 6.62. The molecule has 0 radical (unpaired) electrons. The summed E-state index contributed by atoms with van der Waals surface area (Å²) in [5.74, 6) is 0. The molecule has 9 heteroatoms. The zero-order chi connectivity index (χ0) is 19.3. The quantitative estimate of drug-likeness (QED) is 0.310. The standard InChI is InChI=1S/C18H30O6S2.Na.H/c1-2-3-4-5-6-7-8-9-10-14-17-23-26(21,22)24-25(19,20)18-15-12-11-13-16-18;;/h11-13,15-16H,2-10,14,17H2,1H3;;. The summed E-state index contributed by atoms with van der Waals surface area (Å²) in [6, 6.07) is 7.09. The van der Waals surface area contributed by atoms with Crippen molar-refractivity contribution in [2.24, 2.45) is 0 Å². The molecule has 0 aliphatic carbocycles. The van der Waals surface area contributed by atoms with Gasteiger partial charge in [-0.25, -0.2) is 4.18 Å². The molecule has 152 valence electrons. The van der Waals surface area contributed by atoms with Gasteiger partial charge < -0.3 is 0 Å². The van der Waals surface area contributed by atoms with Crippen molar-refractivity contribution >= 4 is 50.1 Å². The van der Waals surface area contributed by atoms with Gasteiger partial charge in [-0.15, -0.1) is 3.63 Å². The van der Waals surface area contributed by atoms with Crippen LogP contribution in [-0.4, -0.2) is 53.0 Å². The second-order valence-electron chi connectivity index (χ2n) is 6.25. The van der Waals surface area contributed by atoms with Crippen molar-refractivity contribution in [2.75, 3.05) is 6.61 Å². The number of hydrogen-bond acceptors (Lipinski definition) is 6. The first kappa shape index (κ1) is 27.0. The Bertz CT molecular complexity index is 690. The fraction of sp³-hybridized carbons (Fsp3) is 0.667. The van der Waals surface area contributed by atoms with Crippen LogP contribution in [0.15, 0.2) is 35.2 Å². The van der Waals surface area contributed by atoms with Crippen LogP contribution in [-0.2, 0) is 28.3 Å². The maximum absolute atomic E-state index is 11.9. The zero-order valence-corrected chi connectivity index (χ0v) is 17.1. The summed E-state index contributed by atoms with van der Waals surface area (Å²) in [7, 11) is -8.98. The Hall–Kier alpha value is 0.0400. The van der Waals surface area contributed by atoms with E-state index in [9.17, 15) is 16.8 Å². The molecule has 0 N–H and O–H groups in total. The molecule has 0 aromatic heterocycles. The average molecular weight is 431 g/mol. The van der Waals surface area contributed by atoms with Gasteiger partial charge in [0.05, 0.1) is 11.5 Å². The van der Waals surface area contributed by atoms with Gasteiger partial charge in [-0.05, 0) is 18.6 Å². The molecule has 0 aliphatic rings. The number of hydrogen-bond donors (Lipinski definition) is 0. The summed E-state index contributed by atoms with van der Waals surface area (Å²) in [5.41, 5.74) is 0. The minimum absolute atomic E-state index is 0. The fourth-order valence-corrected chi connectivity index (χ4v) is 4.67. The van der Waals surface area contributed by atoms with Crippen molar-refractivity contribution in [1.82, 2.24) is 0 Å². The Balaban J connectivity index is 0.00000676. The first-order chi connectivity index (χ1) is 12.4. The molecule has 0 bridgehead atoms. The van der Waals surface area contributed by atoms with Crippen LogP contribution in [0.1, 0.15) is 71.1 Å². The van der Waals surface area contributed by atoms with Crippen LogP contribution in [0.4, 0.5) is 0 Å². The topological polar surface area (TPSA) is 86.7 Å². The van der Waals surface area contributed by atoms with Gasteiger partial charge >= 0.3 is 50.1 Å². The van der Waals surface area contributed by atoms with Gasteiger partial charge in [0.1, 0.15) is 0 Å². The molecule has 1 rings (SSSR count). The first-order valence-electron chi connectivity index (χ1n) is 9.28. The van der Waals surface area contributed by atoms with Crippen molar-refractivity contribution in [3.63, 3.8) is 0 Å². The van der Waals surface area contributed by atoms with Gasteiger partial charge in [0.2, 0.25) is 0 Å². The molecule has 0 saturated carbocycles. The average Bonchev–Trinajstić information content (AvgIpc) is 2.59. The van der Waals surface area contributed by atoms with Crippen LogP contribution in [0.5, 0.6) is 0 Å². The van der Waals surface area contributed by atoms with E-state index in [4.69, 9.17) is 0 Å². The van der Waals surface area contributed by atoms with E-state index in [2.05, 4.69) is 14.7 Å². The molecule has 1 aromatic carbocycles. The van der Waals surface area contributed by atoms with Crippen molar-refractivity contribution in [2.45, 2.75) is 76.0 Å². The predicted octanol–water partition coefficient (Wildman–Crippen LogP) is 3.93. The second kappa shape index (κ2) is 15.0. The Kier molecular flexibility index (Phi) is 15.0. The van der Waals surface area contributed by atoms with E-state index in [-0.39, 0.29) is 41.1 Å². The molecule has 0 saturated heterocycles. The molecule has 0 amide bonds. The third kappa shape index (κ3) is 13.0. The molecule has 6 nitrogen and oxygen atoms in total. The van der Waals surface area contributed by atoms with Gasteiger partial charge in [-0.1, -0.05) is 82.9 Å². The molecule has 0 atom stereocenters. The summed E-state index contributed by atoms with van der Waals surface area (Å²) in [5, 5.41) is 0. The van der Waals surface area contributed by atoms with E-state index in [1.165, 1.54) is 62.8 Å². The van der Waals surface area contributed by atoms with Crippen molar-refractivity contribution in [1.29, 1.82) is 0 Å². The van der Waals surface area contributed by atoms with Gasteiger partial charge in [-0.3, -0.25) is 0 Å². The van der Waals surface area contributed by atoms with Gasteiger partial charge in [0.15, 0.2) is 0 Å². The number of rotatable bonds is 15. The summed E-state index contributed by atoms with van der Waals surface area (Å²) in [6.45, 7) is 2.12. The van der Waals surface area contributed by atoms with Crippen LogP contribution in [0, 0.1) is 0 Å². The Morgan fingerprint density at radius 3 is 1.74 bits per heavy atom. The molecule has 0 aliphatic heterocycles. The normalized spacial score (nSPS) is 11.9. The van der Waals surface area contributed by atoms with Gasteiger partial charge in [0, 0.05) is 0 Å². The molecule has 1 aromatic rings. The van der Waals surface area contributed by atoms with Crippen LogP contribution in [0.25, 0.3) is 0 Å². The van der Waals surface area contributed by atoms with Crippen LogP contribution in [0.2, 0.25) is 0 Å². The molecule has 0 unspecified atom stereocenters. The van der Waals surface area contributed by atoms with Crippen LogP contribution in [0.3, 0.4) is 0 Å². The molecule has 0 spiro atoms. The minimum atomic E-state index is -4.59. The van der Waals surface area contributed by atoms with Crippen LogP contribution >= 0.6 is 0 Å². The van der Waals surface area contributed by atoms with Crippen molar-refractivity contribution in [3.8, 4) is 0 Å². The molecular weight excluding hydrogens is 399 g/mol. The summed E-state index contributed by atoms with van der Waals surface area (Å²) < 4.78 is 55.9. The Morgan fingerprint density at radius 2 is 1.22 bits per heavy atom. The van der Waals surface area contributed by atoms with Crippen LogP contribution < -0.4 is 0 Å². The van der Waals surface area contributed by atoms with E-state index in [0.717, 1.165) is 19.3 Å². The van der Waals surface area contributed by atoms with Crippen molar-refractivity contribution in [3.05, 3.63) is 30.3 Å². The second-order valence-corrected chi connectivity index (χ2v) is 9.22. The van der Waals surface area contributed by atoms with E-state index in [1.807, 2.05) is 0 Å². The van der Waals surface area contributed by atoms with Gasteiger partial charge in [0.25, 0.3) is 0 Å². The summed E-state index contributed by atoms with van der Waals surface area (Å²) in [4.78, 5) is -0.230. The van der Waals surface area contributed by atoms with E-state index >= 15 is 0 Å². The maximum atomic E-state index is 11.9. The predicted molar refractivity (Wildman–Crippen MR) is 109 cm³/mol. The SMILES string of the molecule is CCCCCCCCCCCCOS(=O)(=O)OS(=O)(=O)c1ccccc1.[NaH]. The number of unbranched alkanes of at least 4 members (excludes halogenated alkanes) is 9. The summed E-state index contributed by atoms with van der Waals surface area (Å²) >= 11 is 0. The zero-order valence-electron chi connectivity index (χ0n) is 15.4. The summed E-state index contributed by atoms with van der Waals surface area (Å²) in [6.07, 6.45) is 11.1. The van der Waals surface area contributed by atoms with Crippen molar-refractivity contribution < 1.29 is 24.6 Å². The molecule has 0 heterocycles. The molecule has 0 fully saturated rings. The number of benzene rings is 1. The third-order valence-electron chi connectivity index (χ3n) is 3.93. The van der Waals surface area contributed by atoms with E-state index in [0.29, 0.717) is 6.42 Å². The monoisotopic (exact) mass is 430 g/mol. The van der Waals surface area contributed by atoms with E-state index in [1.54, 1.807) is 6.07 Å². The van der Waals surface area contributed by atoms with E-state index < -0.39 is 20.5 Å². The first-order valence-corrected chi connectivity index (χ1v) is 12.0. The Labute approximate surface area is 186 Å². The molecule has 27 heavy (non-hydrogen) atoms. The fourth-order valence-electron chi connectivity index (χ4n) is 2.51. The van der Waals surface area contributed by atoms with Gasteiger partial charge in [-0.2, -0.15) is 16.8 Å².